The number of thiophene rings is 1. The first-order chi connectivity index (χ1) is 14.1. The van der Waals surface area contributed by atoms with Crippen LogP contribution in [0.5, 0.6) is 5.75 Å². The zero-order valence-corrected chi connectivity index (χ0v) is 17.9. The molecule has 1 fully saturated rings. The van der Waals surface area contributed by atoms with Crippen molar-refractivity contribution >= 4 is 50.6 Å². The van der Waals surface area contributed by atoms with Crippen LogP contribution in [0, 0.1) is 6.92 Å². The van der Waals surface area contributed by atoms with Crippen LogP contribution in [0.3, 0.4) is 0 Å². The summed E-state index contributed by atoms with van der Waals surface area (Å²) in [6.07, 6.45) is 6.85. The van der Waals surface area contributed by atoms with E-state index in [1.165, 1.54) is 24.1 Å². The smallest absolute Gasteiger partial charge is 0.348 e. The van der Waals surface area contributed by atoms with Gasteiger partial charge in [-0.2, -0.15) is 0 Å². The lowest BCUT2D eigenvalue weighted by atomic mass is 9.98. The molecule has 0 saturated heterocycles. The van der Waals surface area contributed by atoms with Crippen molar-refractivity contribution in [1.82, 2.24) is 9.97 Å². The zero-order valence-electron chi connectivity index (χ0n) is 16.3. The third kappa shape index (κ3) is 4.16. The van der Waals surface area contributed by atoms with Crippen molar-refractivity contribution in [2.75, 3.05) is 12.4 Å². The Kier molecular flexibility index (Phi) is 5.87. The van der Waals surface area contributed by atoms with Gasteiger partial charge in [0, 0.05) is 5.69 Å². The Labute approximate surface area is 178 Å². The number of methoxy groups -OCH3 is 1. The molecule has 0 atom stereocenters. The summed E-state index contributed by atoms with van der Waals surface area (Å²) >= 11 is 7.57. The molecule has 0 spiro atoms. The molecule has 6 nitrogen and oxygen atoms in total. The monoisotopic (exact) mass is 431 g/mol. The number of esters is 1. The number of carbonyl (C=O) groups is 1. The van der Waals surface area contributed by atoms with Gasteiger partial charge in [0.1, 0.15) is 33.7 Å². The number of ether oxygens (including phenoxy) is 2. The topological polar surface area (TPSA) is 73.3 Å². The standard InChI is InChI=1S/C21H22ClN3O3S/c1-12-17-19(25-13-8-9-16(27-2)15(22)10-13)23-11-24-20(17)29-18(12)21(26)28-14-6-4-3-5-7-14/h8-11,14H,3-7H2,1-2H3,(H,23,24,25). The fourth-order valence-electron chi connectivity index (χ4n) is 3.63. The van der Waals surface area contributed by atoms with E-state index in [4.69, 9.17) is 21.1 Å². The Bertz CT molecular complexity index is 1050. The normalized spacial score (nSPS) is 14.7. The molecule has 0 unspecified atom stereocenters. The molecule has 1 saturated carbocycles. The number of fused-ring (bicyclic) bond motifs is 1. The van der Waals surface area contributed by atoms with E-state index >= 15 is 0 Å². The Hall–Kier alpha value is -2.38. The lowest BCUT2D eigenvalue weighted by Gasteiger charge is -2.21. The molecular weight excluding hydrogens is 410 g/mol. The van der Waals surface area contributed by atoms with Crippen LogP contribution in [0.4, 0.5) is 11.5 Å². The summed E-state index contributed by atoms with van der Waals surface area (Å²) in [4.78, 5) is 22.8. The average molecular weight is 432 g/mol. The van der Waals surface area contributed by atoms with Crippen LogP contribution in [0.25, 0.3) is 10.2 Å². The van der Waals surface area contributed by atoms with Crippen LogP contribution >= 0.6 is 22.9 Å². The maximum atomic E-state index is 12.8. The molecule has 4 rings (SSSR count). The largest absolute Gasteiger partial charge is 0.495 e. The number of aryl methyl sites for hydroxylation is 1. The molecule has 8 heteroatoms. The molecule has 0 radical (unpaired) electrons. The number of carbonyl (C=O) groups excluding carboxylic acids is 1. The minimum Gasteiger partial charge on any atom is -0.495 e. The second-order valence-electron chi connectivity index (χ2n) is 7.10. The summed E-state index contributed by atoms with van der Waals surface area (Å²) < 4.78 is 11.0. The van der Waals surface area contributed by atoms with Crippen LogP contribution in [-0.4, -0.2) is 29.2 Å². The van der Waals surface area contributed by atoms with Crippen LogP contribution in [0.1, 0.15) is 47.3 Å². The summed E-state index contributed by atoms with van der Waals surface area (Å²) in [5, 5.41) is 4.60. The fourth-order valence-corrected chi connectivity index (χ4v) is 4.92. The maximum absolute atomic E-state index is 12.8. The molecule has 1 aromatic carbocycles. The van der Waals surface area contributed by atoms with Crippen molar-refractivity contribution in [3.63, 3.8) is 0 Å². The predicted octanol–water partition coefficient (Wildman–Crippen LogP) is 5.89. The molecule has 3 aromatic rings. The molecule has 152 valence electrons. The van der Waals surface area contributed by atoms with Crippen LogP contribution in [0.2, 0.25) is 5.02 Å². The van der Waals surface area contributed by atoms with Crippen LogP contribution in [-0.2, 0) is 4.74 Å². The van der Waals surface area contributed by atoms with Gasteiger partial charge in [0.2, 0.25) is 0 Å². The van der Waals surface area contributed by atoms with Gasteiger partial charge in [0.15, 0.2) is 0 Å². The van der Waals surface area contributed by atoms with Crippen molar-refractivity contribution in [3.05, 3.63) is 40.0 Å². The van der Waals surface area contributed by atoms with Gasteiger partial charge in [-0.25, -0.2) is 14.8 Å². The summed E-state index contributed by atoms with van der Waals surface area (Å²) in [5.74, 6) is 0.960. The van der Waals surface area contributed by atoms with Crippen molar-refractivity contribution in [2.45, 2.75) is 45.1 Å². The number of halogens is 1. The number of hydrogen-bond acceptors (Lipinski definition) is 7. The minimum atomic E-state index is -0.268. The molecule has 0 bridgehead atoms. The third-order valence-corrected chi connectivity index (χ3v) is 6.63. The minimum absolute atomic E-state index is 0.0194. The maximum Gasteiger partial charge on any atom is 0.348 e. The molecule has 2 heterocycles. The Morgan fingerprint density at radius 1 is 1.24 bits per heavy atom. The Morgan fingerprint density at radius 2 is 2.03 bits per heavy atom. The van der Waals surface area contributed by atoms with E-state index in [9.17, 15) is 4.79 Å². The summed E-state index contributed by atoms with van der Waals surface area (Å²) in [6, 6.07) is 5.42. The number of nitrogens with one attached hydrogen (secondary N) is 1. The number of nitrogens with zero attached hydrogens (tertiary/aromatic N) is 2. The van der Waals surface area contributed by atoms with Gasteiger partial charge in [0.25, 0.3) is 0 Å². The second-order valence-corrected chi connectivity index (χ2v) is 8.50. The second kappa shape index (κ2) is 8.55. The van der Waals surface area contributed by atoms with Crippen molar-refractivity contribution < 1.29 is 14.3 Å². The van der Waals surface area contributed by atoms with E-state index in [0.29, 0.717) is 21.5 Å². The van der Waals surface area contributed by atoms with Crippen LogP contribution in [0.15, 0.2) is 24.5 Å². The quantitative estimate of drug-likeness (QED) is 0.507. The highest BCUT2D eigenvalue weighted by atomic mass is 35.5. The number of aromatic nitrogens is 2. The van der Waals surface area contributed by atoms with Crippen molar-refractivity contribution in [1.29, 1.82) is 0 Å². The highest BCUT2D eigenvalue weighted by Crippen LogP contribution is 2.36. The van der Waals surface area contributed by atoms with Crippen molar-refractivity contribution in [2.24, 2.45) is 0 Å². The van der Waals surface area contributed by atoms with Gasteiger partial charge in [-0.15, -0.1) is 11.3 Å². The van der Waals surface area contributed by atoms with E-state index in [1.54, 1.807) is 19.2 Å². The molecule has 1 N–H and O–H groups in total. The lowest BCUT2D eigenvalue weighted by molar-refractivity contribution is 0.0216. The first-order valence-electron chi connectivity index (χ1n) is 9.62. The molecule has 2 aromatic heterocycles. The van der Waals surface area contributed by atoms with E-state index in [1.807, 2.05) is 13.0 Å². The molecule has 29 heavy (non-hydrogen) atoms. The first kappa shape index (κ1) is 19.9. The molecular formula is C21H22ClN3O3S. The van der Waals surface area contributed by atoms with Gasteiger partial charge in [-0.3, -0.25) is 0 Å². The summed E-state index contributed by atoms with van der Waals surface area (Å²) in [6.45, 7) is 1.91. The van der Waals surface area contributed by atoms with E-state index in [2.05, 4.69) is 15.3 Å². The number of hydrogen-bond donors (Lipinski definition) is 1. The average Bonchev–Trinajstić information content (AvgIpc) is 3.07. The lowest BCUT2D eigenvalue weighted by Crippen LogP contribution is -2.20. The number of rotatable bonds is 5. The molecule has 0 amide bonds. The van der Waals surface area contributed by atoms with E-state index in [-0.39, 0.29) is 12.1 Å². The van der Waals surface area contributed by atoms with Gasteiger partial charge in [-0.1, -0.05) is 18.0 Å². The first-order valence-corrected chi connectivity index (χ1v) is 10.8. The van der Waals surface area contributed by atoms with Gasteiger partial charge in [0.05, 0.1) is 17.5 Å². The molecule has 1 aliphatic rings. The SMILES string of the molecule is COc1ccc(Nc2ncnc3sc(C(=O)OC4CCCCC4)c(C)c23)cc1Cl. The van der Waals surface area contributed by atoms with Gasteiger partial charge < -0.3 is 14.8 Å². The highest BCUT2D eigenvalue weighted by Gasteiger charge is 2.24. The van der Waals surface area contributed by atoms with E-state index < -0.39 is 0 Å². The van der Waals surface area contributed by atoms with Gasteiger partial charge in [-0.05, 0) is 56.4 Å². The number of anilines is 2. The summed E-state index contributed by atoms with van der Waals surface area (Å²) in [5.41, 5.74) is 1.60. The molecule has 1 aliphatic carbocycles. The Balaban J connectivity index is 1.62. The molecule has 0 aliphatic heterocycles. The zero-order chi connectivity index (χ0) is 20.4. The third-order valence-electron chi connectivity index (χ3n) is 5.15. The predicted molar refractivity (Wildman–Crippen MR) is 116 cm³/mol. The van der Waals surface area contributed by atoms with E-state index in [0.717, 1.165) is 47.2 Å². The number of benzene rings is 1. The fraction of sp³-hybridized carbons (Fsp3) is 0.381. The van der Waals surface area contributed by atoms with Gasteiger partial charge >= 0.3 is 5.97 Å². The van der Waals surface area contributed by atoms with Crippen molar-refractivity contribution in [3.8, 4) is 5.75 Å². The highest BCUT2D eigenvalue weighted by molar-refractivity contribution is 7.20. The Morgan fingerprint density at radius 3 is 2.76 bits per heavy atom. The summed E-state index contributed by atoms with van der Waals surface area (Å²) in [7, 11) is 1.57. The van der Waals surface area contributed by atoms with Crippen LogP contribution < -0.4 is 10.1 Å².